The molecule has 1 aromatic rings. The van der Waals surface area contributed by atoms with Crippen LogP contribution in [0.3, 0.4) is 0 Å². The van der Waals surface area contributed by atoms with Crippen molar-refractivity contribution in [1.82, 2.24) is 4.90 Å². The number of aliphatic hydroxyl groups is 1. The number of nitrogens with zero attached hydrogens (tertiary/aromatic N) is 1. The van der Waals surface area contributed by atoms with E-state index in [1.54, 1.807) is 18.2 Å². The summed E-state index contributed by atoms with van der Waals surface area (Å²) in [6.07, 6.45) is -0.392. The number of carbonyl (C=O) groups excluding carboxylic acids is 2. The second-order valence-electron chi connectivity index (χ2n) is 4.51. The van der Waals surface area contributed by atoms with E-state index >= 15 is 0 Å². The third-order valence-corrected chi connectivity index (χ3v) is 3.64. The fourth-order valence-electron chi connectivity index (χ4n) is 2.49. The van der Waals surface area contributed by atoms with Crippen molar-refractivity contribution in [3.63, 3.8) is 0 Å². The molecule has 2 aliphatic rings. The zero-order chi connectivity index (χ0) is 12.9. The maximum atomic E-state index is 12.4. The van der Waals surface area contributed by atoms with E-state index in [0.717, 1.165) is 0 Å². The van der Waals surface area contributed by atoms with E-state index in [2.05, 4.69) is 5.32 Å². The van der Waals surface area contributed by atoms with E-state index < -0.39 is 12.1 Å². The lowest BCUT2D eigenvalue weighted by atomic mass is 10.1. The van der Waals surface area contributed by atoms with E-state index in [9.17, 15) is 14.7 Å². The van der Waals surface area contributed by atoms with Crippen LogP contribution in [0.4, 0.5) is 5.69 Å². The molecule has 0 bridgehead atoms. The molecular formula is C12H11ClN2O3. The average Bonchev–Trinajstić information content (AvgIpc) is 2.67. The SMILES string of the molecule is O=C1Nc2cccc(Cl)c2C(=O)N2C[C@H](O)C[C@@H]12. The molecule has 3 rings (SSSR count). The van der Waals surface area contributed by atoms with Gasteiger partial charge in [-0.3, -0.25) is 9.59 Å². The van der Waals surface area contributed by atoms with Gasteiger partial charge in [0.25, 0.3) is 5.91 Å². The predicted molar refractivity (Wildman–Crippen MR) is 65.5 cm³/mol. The maximum Gasteiger partial charge on any atom is 0.258 e. The minimum atomic E-state index is -0.659. The van der Waals surface area contributed by atoms with Crippen LogP contribution in [0.2, 0.25) is 5.02 Å². The molecule has 18 heavy (non-hydrogen) atoms. The number of halogens is 1. The summed E-state index contributed by atoms with van der Waals surface area (Å²) in [5, 5.41) is 12.6. The summed E-state index contributed by atoms with van der Waals surface area (Å²) < 4.78 is 0. The van der Waals surface area contributed by atoms with Crippen molar-refractivity contribution in [3.05, 3.63) is 28.8 Å². The largest absolute Gasteiger partial charge is 0.391 e. The molecule has 1 saturated heterocycles. The summed E-state index contributed by atoms with van der Waals surface area (Å²) in [6.45, 7) is 0.168. The molecule has 0 aliphatic carbocycles. The van der Waals surface area contributed by atoms with Gasteiger partial charge in [-0.25, -0.2) is 0 Å². The summed E-state index contributed by atoms with van der Waals surface area (Å²) in [7, 11) is 0. The summed E-state index contributed by atoms with van der Waals surface area (Å²) in [4.78, 5) is 25.8. The van der Waals surface area contributed by atoms with Gasteiger partial charge in [-0.1, -0.05) is 17.7 Å². The van der Waals surface area contributed by atoms with Gasteiger partial charge in [-0.15, -0.1) is 0 Å². The summed E-state index contributed by atoms with van der Waals surface area (Å²) >= 11 is 6.02. The van der Waals surface area contributed by atoms with Crippen molar-refractivity contribution in [2.45, 2.75) is 18.6 Å². The van der Waals surface area contributed by atoms with Crippen LogP contribution in [0.15, 0.2) is 18.2 Å². The number of nitrogens with one attached hydrogen (secondary N) is 1. The minimum Gasteiger partial charge on any atom is -0.391 e. The van der Waals surface area contributed by atoms with Crippen molar-refractivity contribution in [3.8, 4) is 0 Å². The number of hydrogen-bond donors (Lipinski definition) is 2. The molecule has 0 radical (unpaired) electrons. The number of rotatable bonds is 0. The molecule has 2 atom stereocenters. The van der Waals surface area contributed by atoms with Gasteiger partial charge in [0.05, 0.1) is 22.4 Å². The molecule has 94 valence electrons. The van der Waals surface area contributed by atoms with Crippen LogP contribution in [-0.4, -0.2) is 40.5 Å². The average molecular weight is 267 g/mol. The maximum absolute atomic E-state index is 12.4. The van der Waals surface area contributed by atoms with Crippen LogP contribution >= 0.6 is 11.6 Å². The lowest BCUT2D eigenvalue weighted by Gasteiger charge is -2.19. The highest BCUT2D eigenvalue weighted by Gasteiger charge is 2.42. The molecule has 2 amide bonds. The van der Waals surface area contributed by atoms with Crippen molar-refractivity contribution in [2.75, 3.05) is 11.9 Å². The molecule has 2 aliphatic heterocycles. The zero-order valence-corrected chi connectivity index (χ0v) is 10.1. The van der Waals surface area contributed by atoms with Crippen LogP contribution in [0, 0.1) is 0 Å². The number of benzene rings is 1. The molecule has 6 heteroatoms. The first-order valence-electron chi connectivity index (χ1n) is 5.66. The van der Waals surface area contributed by atoms with E-state index in [-0.39, 0.29) is 24.8 Å². The minimum absolute atomic E-state index is 0.168. The summed E-state index contributed by atoms with van der Waals surface area (Å²) in [5.41, 5.74) is 0.727. The summed E-state index contributed by atoms with van der Waals surface area (Å²) in [5.74, 6) is -0.587. The van der Waals surface area contributed by atoms with Crippen molar-refractivity contribution < 1.29 is 14.7 Å². The van der Waals surface area contributed by atoms with Gasteiger partial charge >= 0.3 is 0 Å². The van der Waals surface area contributed by atoms with Crippen molar-refractivity contribution >= 4 is 29.1 Å². The van der Waals surface area contributed by atoms with Gasteiger partial charge in [0.2, 0.25) is 5.91 Å². The van der Waals surface area contributed by atoms with E-state index in [1.807, 2.05) is 0 Å². The van der Waals surface area contributed by atoms with Gasteiger partial charge in [0.15, 0.2) is 0 Å². The van der Waals surface area contributed by atoms with Gasteiger partial charge in [0, 0.05) is 13.0 Å². The lowest BCUT2D eigenvalue weighted by molar-refractivity contribution is -0.119. The smallest absolute Gasteiger partial charge is 0.258 e. The number of fused-ring (bicyclic) bond motifs is 2. The van der Waals surface area contributed by atoms with Gasteiger partial charge < -0.3 is 15.3 Å². The van der Waals surface area contributed by atoms with Gasteiger partial charge in [-0.2, -0.15) is 0 Å². The number of carbonyl (C=O) groups is 2. The molecule has 0 spiro atoms. The third-order valence-electron chi connectivity index (χ3n) is 3.33. The van der Waals surface area contributed by atoms with Gasteiger partial charge in [0.1, 0.15) is 6.04 Å². The first-order valence-corrected chi connectivity index (χ1v) is 6.04. The Morgan fingerprint density at radius 1 is 1.39 bits per heavy atom. The highest BCUT2D eigenvalue weighted by Crippen LogP contribution is 2.32. The Bertz CT molecular complexity index is 546. The Balaban J connectivity index is 2.13. The van der Waals surface area contributed by atoms with Crippen LogP contribution in [0.25, 0.3) is 0 Å². The lowest BCUT2D eigenvalue weighted by Crippen LogP contribution is -2.40. The Labute approximate surface area is 108 Å². The molecule has 2 heterocycles. The predicted octanol–water partition coefficient (Wildman–Crippen LogP) is 0.867. The molecule has 2 N–H and O–H groups in total. The van der Waals surface area contributed by atoms with Crippen LogP contribution in [0.5, 0.6) is 0 Å². The number of hydrogen-bond acceptors (Lipinski definition) is 3. The molecule has 0 saturated carbocycles. The van der Waals surface area contributed by atoms with E-state index in [0.29, 0.717) is 16.3 Å². The molecular weight excluding hydrogens is 256 g/mol. The fourth-order valence-corrected chi connectivity index (χ4v) is 2.75. The highest BCUT2D eigenvalue weighted by molar-refractivity contribution is 6.35. The Morgan fingerprint density at radius 2 is 2.17 bits per heavy atom. The third kappa shape index (κ3) is 1.59. The van der Waals surface area contributed by atoms with E-state index in [4.69, 9.17) is 11.6 Å². The van der Waals surface area contributed by atoms with Crippen LogP contribution in [-0.2, 0) is 4.79 Å². The highest BCUT2D eigenvalue weighted by atomic mass is 35.5. The number of amides is 2. The van der Waals surface area contributed by atoms with Crippen molar-refractivity contribution in [2.24, 2.45) is 0 Å². The Morgan fingerprint density at radius 3 is 2.94 bits per heavy atom. The molecule has 1 fully saturated rings. The topological polar surface area (TPSA) is 69.6 Å². The van der Waals surface area contributed by atoms with Gasteiger partial charge in [-0.05, 0) is 12.1 Å². The Kier molecular flexibility index (Phi) is 2.53. The molecule has 0 unspecified atom stereocenters. The molecule has 1 aromatic carbocycles. The Hall–Kier alpha value is -1.59. The second-order valence-corrected chi connectivity index (χ2v) is 4.92. The van der Waals surface area contributed by atoms with E-state index in [1.165, 1.54) is 4.90 Å². The zero-order valence-electron chi connectivity index (χ0n) is 9.39. The van der Waals surface area contributed by atoms with Crippen LogP contribution in [0.1, 0.15) is 16.8 Å². The van der Waals surface area contributed by atoms with Crippen LogP contribution < -0.4 is 5.32 Å². The first-order chi connectivity index (χ1) is 8.58. The fraction of sp³-hybridized carbons (Fsp3) is 0.333. The monoisotopic (exact) mass is 266 g/mol. The number of aliphatic hydroxyl groups excluding tert-OH is 1. The molecule has 0 aromatic heterocycles. The van der Waals surface area contributed by atoms with Crippen molar-refractivity contribution in [1.29, 1.82) is 0 Å². The first kappa shape index (κ1) is 11.5. The normalized spacial score (nSPS) is 26.4. The number of anilines is 1. The standard InChI is InChI=1S/C12H11ClN2O3/c13-7-2-1-3-8-10(7)12(18)15-5-6(16)4-9(15)11(17)14-8/h1-3,6,9,16H,4-5H2,(H,14,17)/t6-,9+/m1/s1. The quantitative estimate of drug-likeness (QED) is 0.732. The second kappa shape index (κ2) is 3.96. The molecule has 5 nitrogen and oxygen atoms in total. The summed E-state index contributed by atoms with van der Waals surface area (Å²) in [6, 6.07) is 4.32.